The smallest absolute Gasteiger partial charge is 0.306 e. The van der Waals surface area contributed by atoms with Crippen molar-refractivity contribution in [1.82, 2.24) is 0 Å². The number of unbranched alkanes of at least 4 members (excludes halogenated alkanes) is 19. The van der Waals surface area contributed by atoms with E-state index in [2.05, 4.69) is 118 Å². The van der Waals surface area contributed by atoms with Gasteiger partial charge in [-0.3, -0.25) is 14.4 Å². The van der Waals surface area contributed by atoms with Crippen LogP contribution in [0, 0.1) is 0 Å². The fraction of sp³-hybridized carbons (Fsp3) is 0.672. The molecule has 0 radical (unpaired) electrons. The fourth-order valence-electron chi connectivity index (χ4n) is 6.85. The summed E-state index contributed by atoms with van der Waals surface area (Å²) in [6.07, 6.45) is 68.1. The molecule has 6 heteroatoms. The number of hydrogen-bond acceptors (Lipinski definition) is 6. The van der Waals surface area contributed by atoms with Crippen molar-refractivity contribution in [3.05, 3.63) is 97.2 Å². The maximum Gasteiger partial charge on any atom is 0.306 e. The van der Waals surface area contributed by atoms with E-state index < -0.39 is 6.10 Å². The van der Waals surface area contributed by atoms with Gasteiger partial charge in [-0.15, -0.1) is 0 Å². The van der Waals surface area contributed by atoms with Crippen molar-refractivity contribution in [2.24, 2.45) is 0 Å². The molecule has 0 N–H and O–H groups in total. The Hall–Kier alpha value is -3.67. The van der Waals surface area contributed by atoms with Gasteiger partial charge in [0.2, 0.25) is 0 Å². The van der Waals surface area contributed by atoms with E-state index in [-0.39, 0.29) is 31.1 Å². The first-order valence-electron chi connectivity index (χ1n) is 26.2. The van der Waals surface area contributed by atoms with E-state index in [1.54, 1.807) is 0 Å². The molecule has 0 aliphatic rings. The van der Waals surface area contributed by atoms with Gasteiger partial charge >= 0.3 is 17.9 Å². The van der Waals surface area contributed by atoms with Gasteiger partial charge in [-0.2, -0.15) is 0 Å². The zero-order chi connectivity index (χ0) is 46.5. The molecule has 0 aromatic heterocycles. The van der Waals surface area contributed by atoms with Crippen LogP contribution in [-0.2, 0) is 28.6 Å². The minimum Gasteiger partial charge on any atom is -0.462 e. The largest absolute Gasteiger partial charge is 0.462 e. The highest BCUT2D eigenvalue weighted by molar-refractivity contribution is 5.71. The number of allylic oxidation sites excluding steroid dienone is 16. The average molecular weight is 889 g/mol. The van der Waals surface area contributed by atoms with E-state index in [1.807, 2.05) is 0 Å². The van der Waals surface area contributed by atoms with Crippen LogP contribution in [0.5, 0.6) is 0 Å². The van der Waals surface area contributed by atoms with E-state index in [0.717, 1.165) is 141 Å². The zero-order valence-corrected chi connectivity index (χ0v) is 41.5. The number of rotatable bonds is 46. The summed E-state index contributed by atoms with van der Waals surface area (Å²) in [7, 11) is 0. The Morgan fingerprint density at radius 2 is 0.641 bits per heavy atom. The van der Waals surface area contributed by atoms with Gasteiger partial charge in [0.05, 0.1) is 0 Å². The lowest BCUT2D eigenvalue weighted by Gasteiger charge is -2.18. The third-order valence-electron chi connectivity index (χ3n) is 10.8. The number of esters is 3. The quantitative estimate of drug-likeness (QED) is 0.0262. The maximum absolute atomic E-state index is 12.8. The summed E-state index contributed by atoms with van der Waals surface area (Å²) in [5.74, 6) is -0.957. The highest BCUT2D eigenvalue weighted by Crippen LogP contribution is 2.13. The molecule has 0 saturated carbocycles. The maximum atomic E-state index is 12.8. The number of ether oxygens (including phenoxy) is 3. The molecule has 0 saturated heterocycles. The highest BCUT2D eigenvalue weighted by Gasteiger charge is 2.19. The fourth-order valence-corrected chi connectivity index (χ4v) is 6.85. The normalized spacial score (nSPS) is 12.9. The Balaban J connectivity index is 4.47. The molecular weight excluding hydrogens is 793 g/mol. The molecule has 0 amide bonds. The van der Waals surface area contributed by atoms with Crippen molar-refractivity contribution in [2.75, 3.05) is 13.2 Å². The molecule has 0 aromatic carbocycles. The van der Waals surface area contributed by atoms with Gasteiger partial charge < -0.3 is 14.2 Å². The third-order valence-corrected chi connectivity index (χ3v) is 10.8. The zero-order valence-electron chi connectivity index (χ0n) is 41.5. The highest BCUT2D eigenvalue weighted by atomic mass is 16.6. The summed E-state index contributed by atoms with van der Waals surface area (Å²) in [4.78, 5) is 38.0. The van der Waals surface area contributed by atoms with Gasteiger partial charge in [-0.25, -0.2) is 0 Å². The molecule has 0 bridgehead atoms. The molecule has 1 unspecified atom stereocenters. The van der Waals surface area contributed by atoms with Crippen LogP contribution in [-0.4, -0.2) is 37.2 Å². The Labute approximate surface area is 394 Å². The van der Waals surface area contributed by atoms with Gasteiger partial charge in [0.15, 0.2) is 6.10 Å². The van der Waals surface area contributed by atoms with E-state index in [0.29, 0.717) is 19.3 Å². The SMILES string of the molecule is CC/C=C\C/C=C\C/C=C\C/C=C\C/C=C\CCCCCC(=O)OCC(COC(=O)CCCCCCC/C=C\C/C=C\CCC)OC(=O)CCCCCCC/C=C\CCCCCCC. The number of hydrogen-bond donors (Lipinski definition) is 0. The molecule has 0 aliphatic carbocycles. The molecule has 6 nitrogen and oxygen atoms in total. The lowest BCUT2D eigenvalue weighted by Crippen LogP contribution is -2.30. The second kappa shape index (κ2) is 52.0. The Bertz CT molecular complexity index is 1300. The number of carbonyl (C=O) groups is 3. The molecular formula is C58H96O6. The summed E-state index contributed by atoms with van der Waals surface area (Å²) < 4.78 is 16.8. The lowest BCUT2D eigenvalue weighted by atomic mass is 10.1. The second-order valence-electron chi connectivity index (χ2n) is 17.0. The molecule has 0 aromatic rings. The Morgan fingerprint density at radius 3 is 1.05 bits per heavy atom. The molecule has 364 valence electrons. The van der Waals surface area contributed by atoms with E-state index in [9.17, 15) is 14.4 Å². The summed E-state index contributed by atoms with van der Waals surface area (Å²) >= 11 is 0. The van der Waals surface area contributed by atoms with Gasteiger partial charge in [0.25, 0.3) is 0 Å². The third kappa shape index (κ3) is 49.3. The molecule has 0 heterocycles. The van der Waals surface area contributed by atoms with Crippen LogP contribution in [0.3, 0.4) is 0 Å². The Kier molecular flexibility index (Phi) is 49.0. The topological polar surface area (TPSA) is 78.9 Å². The standard InChI is InChI=1S/C58H96O6/c1-4-7-10-13-16-19-22-25-27-28-29-30-31-34-36-39-42-45-48-51-57(60)63-54-55(53-62-56(59)50-47-44-41-38-35-32-24-21-18-15-12-9-6-3)64-58(61)52-49-46-43-40-37-33-26-23-20-17-14-11-8-5-2/h7,10,12,15-16,19,21,23-27,29-30,34,36,55H,4-6,8-9,11,13-14,17-18,20,22,28,31-33,35,37-54H2,1-3H3/b10-7-,15-12-,19-16-,24-21-,26-23-,27-25-,30-29-,36-34-. The van der Waals surface area contributed by atoms with Crippen molar-refractivity contribution in [1.29, 1.82) is 0 Å². The average Bonchev–Trinajstić information content (AvgIpc) is 3.29. The molecule has 0 fully saturated rings. The second-order valence-corrected chi connectivity index (χ2v) is 17.0. The molecule has 0 spiro atoms. The van der Waals surface area contributed by atoms with Crippen molar-refractivity contribution < 1.29 is 28.6 Å². The Morgan fingerprint density at radius 1 is 0.328 bits per heavy atom. The van der Waals surface area contributed by atoms with Crippen LogP contribution in [0.25, 0.3) is 0 Å². The number of carbonyl (C=O) groups excluding carboxylic acids is 3. The van der Waals surface area contributed by atoms with Crippen molar-refractivity contribution >= 4 is 17.9 Å². The minimum atomic E-state index is -0.802. The van der Waals surface area contributed by atoms with Crippen LogP contribution in [0.1, 0.15) is 233 Å². The van der Waals surface area contributed by atoms with Gasteiger partial charge in [0, 0.05) is 19.3 Å². The van der Waals surface area contributed by atoms with Gasteiger partial charge in [-0.05, 0) is 116 Å². The van der Waals surface area contributed by atoms with Crippen LogP contribution in [0.4, 0.5) is 0 Å². The van der Waals surface area contributed by atoms with Crippen LogP contribution in [0.2, 0.25) is 0 Å². The van der Waals surface area contributed by atoms with Gasteiger partial charge in [-0.1, -0.05) is 195 Å². The van der Waals surface area contributed by atoms with Crippen LogP contribution >= 0.6 is 0 Å². The van der Waals surface area contributed by atoms with Crippen molar-refractivity contribution in [3.8, 4) is 0 Å². The minimum absolute atomic E-state index is 0.0999. The summed E-state index contributed by atoms with van der Waals surface area (Å²) in [5, 5.41) is 0. The molecule has 0 aliphatic heterocycles. The molecule has 0 rings (SSSR count). The first-order valence-corrected chi connectivity index (χ1v) is 26.2. The summed E-state index contributed by atoms with van der Waals surface area (Å²) in [6, 6.07) is 0. The monoisotopic (exact) mass is 889 g/mol. The van der Waals surface area contributed by atoms with Crippen LogP contribution in [0.15, 0.2) is 97.2 Å². The predicted molar refractivity (Wildman–Crippen MR) is 274 cm³/mol. The van der Waals surface area contributed by atoms with Crippen molar-refractivity contribution in [3.63, 3.8) is 0 Å². The van der Waals surface area contributed by atoms with E-state index >= 15 is 0 Å². The lowest BCUT2D eigenvalue weighted by molar-refractivity contribution is -0.167. The van der Waals surface area contributed by atoms with E-state index in [1.165, 1.54) is 51.4 Å². The van der Waals surface area contributed by atoms with Gasteiger partial charge in [0.1, 0.15) is 13.2 Å². The first-order chi connectivity index (χ1) is 31.5. The molecule has 1 atom stereocenters. The predicted octanol–water partition coefficient (Wildman–Crippen LogP) is 17.4. The summed E-state index contributed by atoms with van der Waals surface area (Å²) in [5.41, 5.74) is 0. The first kappa shape index (κ1) is 60.3. The molecule has 64 heavy (non-hydrogen) atoms. The van der Waals surface area contributed by atoms with E-state index in [4.69, 9.17) is 14.2 Å². The van der Waals surface area contributed by atoms with Crippen LogP contribution < -0.4 is 0 Å². The van der Waals surface area contributed by atoms with Crippen molar-refractivity contribution in [2.45, 2.75) is 239 Å². The summed E-state index contributed by atoms with van der Waals surface area (Å²) in [6.45, 7) is 6.39.